The van der Waals surface area contributed by atoms with Crippen molar-refractivity contribution in [3.8, 4) is 11.8 Å². The Balaban J connectivity index is 0.861. The van der Waals surface area contributed by atoms with Gasteiger partial charge >= 0.3 is 13.3 Å². The number of aromatic amines is 1. The number of rotatable bonds is 20. The predicted molar refractivity (Wildman–Crippen MR) is 301 cm³/mol. The standard InChI is InChI=1S/C60H64F2N9O12P/c61-60(62,84(81,82)83)41-20-23-44-39(32-41)33-46(64-44)55(76)66-47-35-69(52(74)18-12-4-2-1-3-7-13-36-19-22-43-40(31-36)34-70(58(43)79)48-26-28-51(73)67-56(48)77)30-29-42-21-25-49(71(42)59(47)80)57(78)65-45(24-27-50(63)72)54(75)68-53(37-14-8-5-9-15-37)38-16-10-6-11-17-38/h5-6,8-11,14-17,19-20,22-23,31-33,42,45,47-49,53,64H,1-4,12,18,21,24-30,34-35H2,(H2,63,72)(H,65,78)(H,66,76)(H,68,75)(H,67,73,77)(H2,81,82,83)/t42-,45+,47+,48?,49+/m1/s1. The molecule has 0 bridgehead atoms. The molecule has 3 fully saturated rings. The van der Waals surface area contributed by atoms with Gasteiger partial charge in [-0.15, -0.1) is 0 Å². The van der Waals surface area contributed by atoms with Crippen LogP contribution in [0.2, 0.25) is 0 Å². The smallest absolute Gasteiger partial charge is 0.370 e. The third-order valence-electron chi connectivity index (χ3n) is 15.8. The molecular weight excluding hydrogens is 1110 g/mol. The van der Waals surface area contributed by atoms with Crippen molar-refractivity contribution in [1.82, 2.24) is 41.0 Å². The van der Waals surface area contributed by atoms with Gasteiger partial charge in [0.2, 0.25) is 41.4 Å². The molecule has 0 radical (unpaired) electrons. The third-order valence-corrected chi connectivity index (χ3v) is 16.8. The van der Waals surface area contributed by atoms with Crippen LogP contribution in [-0.4, -0.2) is 126 Å². The summed E-state index contributed by atoms with van der Waals surface area (Å²) in [5.41, 5.74) is 3.40. The number of alkyl halides is 2. The Bertz CT molecular complexity index is 3450. The van der Waals surface area contributed by atoms with Crippen molar-refractivity contribution in [2.24, 2.45) is 5.73 Å². The number of nitrogens with two attached hydrogens (primary N) is 1. The molecule has 5 atom stereocenters. The average Bonchev–Trinajstić information content (AvgIpc) is 4.00. The molecule has 0 saturated carbocycles. The van der Waals surface area contributed by atoms with Gasteiger partial charge in [-0.1, -0.05) is 91.4 Å². The second-order valence-corrected chi connectivity index (χ2v) is 23.2. The van der Waals surface area contributed by atoms with Crippen LogP contribution in [0.1, 0.15) is 138 Å². The van der Waals surface area contributed by atoms with Crippen LogP contribution in [0.5, 0.6) is 0 Å². The maximum atomic E-state index is 15.0. The van der Waals surface area contributed by atoms with Crippen molar-refractivity contribution >= 4 is 71.7 Å². The van der Waals surface area contributed by atoms with Crippen LogP contribution in [0, 0.1) is 11.8 Å². The van der Waals surface area contributed by atoms with Crippen molar-refractivity contribution < 1.29 is 66.3 Å². The Morgan fingerprint density at radius 1 is 0.821 bits per heavy atom. The van der Waals surface area contributed by atoms with Gasteiger partial charge in [-0.05, 0) is 98.0 Å². The average molecular weight is 1170 g/mol. The number of unbranched alkanes of at least 4 members (excludes halogenated alkanes) is 4. The fourth-order valence-corrected chi connectivity index (χ4v) is 11.8. The first kappa shape index (κ1) is 60.0. The summed E-state index contributed by atoms with van der Waals surface area (Å²) in [5.74, 6) is 1.28. The molecule has 3 saturated heterocycles. The Labute approximate surface area is 482 Å². The summed E-state index contributed by atoms with van der Waals surface area (Å²) in [4.78, 5) is 147. The fraction of sp³-hybridized carbons (Fsp3) is 0.383. The second-order valence-electron chi connectivity index (χ2n) is 21.5. The number of piperidine rings is 1. The van der Waals surface area contributed by atoms with E-state index in [-0.39, 0.29) is 98.9 Å². The number of halogens is 2. The predicted octanol–water partition coefficient (Wildman–Crippen LogP) is 4.89. The molecule has 1 aromatic heterocycles. The molecule has 24 heteroatoms. The third kappa shape index (κ3) is 13.7. The van der Waals surface area contributed by atoms with E-state index in [2.05, 4.69) is 38.1 Å². The monoisotopic (exact) mass is 1170 g/mol. The summed E-state index contributed by atoms with van der Waals surface area (Å²) in [6.45, 7) is 0.0633. The molecule has 9 rings (SSSR count). The van der Waals surface area contributed by atoms with E-state index in [0.29, 0.717) is 36.8 Å². The van der Waals surface area contributed by atoms with Gasteiger partial charge in [0.15, 0.2) is 0 Å². The van der Waals surface area contributed by atoms with E-state index >= 15 is 4.79 Å². The quantitative estimate of drug-likeness (QED) is 0.0224. The summed E-state index contributed by atoms with van der Waals surface area (Å²) in [5, 5.41) is 10.8. The number of carbonyl (C=O) groups excluding carboxylic acids is 9. The molecule has 440 valence electrons. The van der Waals surface area contributed by atoms with Gasteiger partial charge in [0.05, 0.1) is 6.04 Å². The molecule has 4 aliphatic heterocycles. The van der Waals surface area contributed by atoms with Crippen LogP contribution in [-0.2, 0) is 50.3 Å². The fourth-order valence-electron chi connectivity index (χ4n) is 11.3. The van der Waals surface area contributed by atoms with Crippen molar-refractivity contribution in [2.45, 2.75) is 132 Å². The first-order valence-electron chi connectivity index (χ1n) is 27.9. The van der Waals surface area contributed by atoms with Crippen LogP contribution in [0.25, 0.3) is 10.9 Å². The molecule has 84 heavy (non-hydrogen) atoms. The van der Waals surface area contributed by atoms with E-state index < -0.39 is 90.5 Å². The molecule has 1 unspecified atom stereocenters. The first-order chi connectivity index (χ1) is 40.2. The Hall–Kier alpha value is -8.58. The van der Waals surface area contributed by atoms with Gasteiger partial charge in [-0.3, -0.25) is 53.0 Å². The Morgan fingerprint density at radius 3 is 2.23 bits per heavy atom. The number of imide groups is 1. The van der Waals surface area contributed by atoms with E-state index in [1.54, 1.807) is 12.1 Å². The summed E-state index contributed by atoms with van der Waals surface area (Å²) in [6.07, 6.45) is 4.02. The van der Waals surface area contributed by atoms with Crippen molar-refractivity contribution in [2.75, 3.05) is 13.1 Å². The lowest BCUT2D eigenvalue weighted by Crippen LogP contribution is -2.62. The summed E-state index contributed by atoms with van der Waals surface area (Å²) in [7, 11) is -5.93. The van der Waals surface area contributed by atoms with Crippen LogP contribution >= 0.6 is 7.60 Å². The zero-order valence-corrected chi connectivity index (χ0v) is 46.6. The second kappa shape index (κ2) is 25.9. The number of hydrogen-bond donors (Lipinski definition) is 8. The van der Waals surface area contributed by atoms with Gasteiger partial charge in [0.1, 0.15) is 29.9 Å². The molecule has 9 N–H and O–H groups in total. The highest BCUT2D eigenvalue weighted by Crippen LogP contribution is 2.59. The van der Waals surface area contributed by atoms with Gasteiger partial charge in [0, 0.05) is 79.0 Å². The van der Waals surface area contributed by atoms with Gasteiger partial charge in [-0.2, -0.15) is 8.78 Å². The molecule has 9 amide bonds. The molecule has 21 nitrogen and oxygen atoms in total. The molecule has 4 aliphatic rings. The summed E-state index contributed by atoms with van der Waals surface area (Å²) < 4.78 is 41.1. The molecule has 0 aliphatic carbocycles. The first-order valence-corrected chi connectivity index (χ1v) is 29.5. The number of nitrogens with zero attached hydrogens (tertiary/aromatic N) is 3. The van der Waals surface area contributed by atoms with Crippen molar-refractivity contribution in [3.05, 3.63) is 142 Å². The number of benzene rings is 4. The normalized spacial score (nSPS) is 19.4. The van der Waals surface area contributed by atoms with Gasteiger partial charge in [-0.25, -0.2) is 0 Å². The van der Waals surface area contributed by atoms with E-state index in [0.717, 1.165) is 47.7 Å². The Kier molecular flexibility index (Phi) is 18.5. The van der Waals surface area contributed by atoms with E-state index in [4.69, 9.17) is 5.73 Å². The lowest BCUT2D eigenvalue weighted by atomic mass is 9.98. The minimum atomic E-state index is -5.93. The van der Waals surface area contributed by atoms with Crippen molar-refractivity contribution in [3.63, 3.8) is 0 Å². The van der Waals surface area contributed by atoms with Crippen LogP contribution in [0.3, 0.4) is 0 Å². The van der Waals surface area contributed by atoms with E-state index in [9.17, 15) is 61.5 Å². The largest absolute Gasteiger partial charge is 0.399 e. The summed E-state index contributed by atoms with van der Waals surface area (Å²) >= 11 is 0. The molecule has 0 spiro atoms. The number of hydrogen-bond acceptors (Lipinski definition) is 10. The lowest BCUT2D eigenvalue weighted by Gasteiger charge is -2.39. The van der Waals surface area contributed by atoms with Crippen molar-refractivity contribution in [1.29, 1.82) is 0 Å². The zero-order chi connectivity index (χ0) is 59.9. The topological polar surface area (TPSA) is 311 Å². The van der Waals surface area contributed by atoms with Gasteiger partial charge in [0.25, 0.3) is 11.8 Å². The number of primary amides is 1. The highest BCUT2D eigenvalue weighted by Gasteiger charge is 2.51. The molecule has 5 heterocycles. The minimum absolute atomic E-state index is 0.00292. The molecule has 5 aromatic rings. The molecule has 4 aromatic carbocycles. The minimum Gasteiger partial charge on any atom is -0.370 e. The van der Waals surface area contributed by atoms with Crippen LogP contribution in [0.4, 0.5) is 8.78 Å². The van der Waals surface area contributed by atoms with E-state index in [1.165, 1.54) is 20.8 Å². The zero-order valence-electron chi connectivity index (χ0n) is 45.7. The summed E-state index contributed by atoms with van der Waals surface area (Å²) in [6, 6.07) is 21.6. The number of amides is 9. The maximum Gasteiger partial charge on any atom is 0.399 e. The highest BCUT2D eigenvalue weighted by molar-refractivity contribution is 7.52. The maximum absolute atomic E-state index is 15.0. The number of fused-ring (bicyclic) bond motifs is 3. The number of carbonyl (C=O) groups is 9. The lowest BCUT2D eigenvalue weighted by molar-refractivity contribution is -0.145. The number of aromatic nitrogens is 1. The number of nitrogens with one attached hydrogen (secondary N) is 5. The number of H-pyrrole nitrogens is 1. The SMILES string of the molecule is NC(=O)CC[C@H](NC(=O)[C@@H]1CC[C@@H]2CCN(C(=O)CCCCCCC#Cc3ccc4c(c3)CN(C3CCC(=O)NC3=O)C4=O)C[C@H](NC(=O)c3cc4cc(C(F)(F)P(=O)(O)O)ccc4[nH]3)C(=O)N21)C(=O)NC(c1ccccc1)c1ccccc1. The molecular formula is C60H64F2N9O12P. The van der Waals surface area contributed by atoms with Crippen LogP contribution in [0.15, 0.2) is 103 Å². The van der Waals surface area contributed by atoms with E-state index in [1.807, 2.05) is 66.7 Å². The highest BCUT2D eigenvalue weighted by atomic mass is 31.2. The van der Waals surface area contributed by atoms with Crippen LogP contribution < -0.4 is 27.0 Å². The Morgan fingerprint density at radius 2 is 1.54 bits per heavy atom. The van der Waals surface area contributed by atoms with Gasteiger partial charge < -0.3 is 51.2 Å².